The van der Waals surface area contributed by atoms with Gasteiger partial charge in [0.25, 0.3) is 11.7 Å². The summed E-state index contributed by atoms with van der Waals surface area (Å²) in [6, 6.07) is 17.6. The number of hydrogen-bond donors (Lipinski definition) is 2. The summed E-state index contributed by atoms with van der Waals surface area (Å²) < 4.78 is 19.4. The quantitative estimate of drug-likeness (QED) is 0.225. The van der Waals surface area contributed by atoms with Crippen molar-refractivity contribution in [3.05, 3.63) is 101 Å². The van der Waals surface area contributed by atoms with Crippen LogP contribution in [0.5, 0.6) is 5.75 Å². The molecule has 0 bridgehead atoms. The van der Waals surface area contributed by atoms with Gasteiger partial charge < -0.3 is 14.8 Å². The minimum absolute atomic E-state index is 0.0559. The van der Waals surface area contributed by atoms with Gasteiger partial charge in [-0.3, -0.25) is 14.5 Å². The van der Waals surface area contributed by atoms with Crippen molar-refractivity contribution in [1.82, 2.24) is 4.98 Å². The standard InChI is InChI=1S/C28H23FN2O4/c1-3-35-19-11-9-18(10-12-19)31-25(21-15-30-23-7-5-4-6-20(21)23)24(27(33)28(31)34)26(32)17-8-13-22(29)16(2)14-17/h4-15,25,30,32H,3H2,1-2H3/b26-24+. The Morgan fingerprint density at radius 1 is 1.09 bits per heavy atom. The molecule has 0 spiro atoms. The fraction of sp³-hybridized carbons (Fsp3) is 0.143. The van der Waals surface area contributed by atoms with Crippen LogP contribution >= 0.6 is 0 Å². The second-order valence-corrected chi connectivity index (χ2v) is 8.35. The Morgan fingerprint density at radius 3 is 2.54 bits per heavy atom. The molecule has 1 aliphatic heterocycles. The fourth-order valence-corrected chi connectivity index (χ4v) is 4.53. The van der Waals surface area contributed by atoms with Crippen LogP contribution in [0.1, 0.15) is 29.7 Å². The van der Waals surface area contributed by atoms with E-state index in [1.807, 2.05) is 31.2 Å². The van der Waals surface area contributed by atoms with E-state index in [9.17, 15) is 19.1 Å². The number of hydrogen-bond acceptors (Lipinski definition) is 4. The number of ketones is 1. The summed E-state index contributed by atoms with van der Waals surface area (Å²) in [5.74, 6) is -1.71. The monoisotopic (exact) mass is 470 g/mol. The van der Waals surface area contributed by atoms with E-state index in [1.54, 1.807) is 37.4 Å². The summed E-state index contributed by atoms with van der Waals surface area (Å²) in [4.78, 5) is 31.3. The molecule has 6 nitrogen and oxygen atoms in total. The van der Waals surface area contributed by atoms with E-state index >= 15 is 0 Å². The lowest BCUT2D eigenvalue weighted by Crippen LogP contribution is -2.29. The van der Waals surface area contributed by atoms with Gasteiger partial charge >= 0.3 is 0 Å². The number of ether oxygens (including phenoxy) is 1. The number of nitrogens with zero attached hydrogens (tertiary/aromatic N) is 1. The number of carbonyl (C=O) groups excluding carboxylic acids is 2. The summed E-state index contributed by atoms with van der Waals surface area (Å²) in [6.07, 6.45) is 1.74. The molecule has 1 amide bonds. The van der Waals surface area contributed by atoms with Crippen LogP contribution in [0, 0.1) is 12.7 Å². The molecule has 35 heavy (non-hydrogen) atoms. The van der Waals surface area contributed by atoms with Crippen LogP contribution in [-0.2, 0) is 9.59 Å². The van der Waals surface area contributed by atoms with E-state index in [1.165, 1.54) is 23.1 Å². The van der Waals surface area contributed by atoms with Gasteiger partial charge in [-0.2, -0.15) is 0 Å². The molecular formula is C28H23FN2O4. The smallest absolute Gasteiger partial charge is 0.300 e. The van der Waals surface area contributed by atoms with Crippen LogP contribution in [0.3, 0.4) is 0 Å². The molecule has 0 aliphatic carbocycles. The number of aliphatic hydroxyl groups excluding tert-OH is 1. The highest BCUT2D eigenvalue weighted by Crippen LogP contribution is 2.44. The van der Waals surface area contributed by atoms with Gasteiger partial charge in [0.15, 0.2) is 0 Å². The molecule has 2 heterocycles. The third kappa shape index (κ3) is 3.75. The number of H-pyrrole nitrogens is 1. The van der Waals surface area contributed by atoms with Crippen LogP contribution in [0.15, 0.2) is 78.5 Å². The van der Waals surface area contributed by atoms with Crippen LogP contribution in [0.25, 0.3) is 16.7 Å². The second-order valence-electron chi connectivity index (χ2n) is 8.35. The number of anilines is 1. The Balaban J connectivity index is 1.73. The molecule has 1 aliphatic rings. The van der Waals surface area contributed by atoms with E-state index in [-0.39, 0.29) is 16.9 Å². The van der Waals surface area contributed by atoms with Gasteiger partial charge in [-0.1, -0.05) is 18.2 Å². The number of aliphatic hydroxyl groups is 1. The predicted molar refractivity (Wildman–Crippen MR) is 132 cm³/mol. The molecule has 1 atom stereocenters. The van der Waals surface area contributed by atoms with Crippen molar-refractivity contribution in [3.8, 4) is 5.75 Å². The SMILES string of the molecule is CCOc1ccc(N2C(=O)C(=O)/C(=C(/O)c3ccc(F)c(C)c3)C2c2c[nH]c3ccccc23)cc1. The van der Waals surface area contributed by atoms with E-state index in [2.05, 4.69) is 4.98 Å². The highest BCUT2D eigenvalue weighted by Gasteiger charge is 2.47. The average Bonchev–Trinajstić information content (AvgIpc) is 3.40. The zero-order valence-corrected chi connectivity index (χ0v) is 19.2. The van der Waals surface area contributed by atoms with Gasteiger partial charge in [-0.15, -0.1) is 0 Å². The first-order valence-corrected chi connectivity index (χ1v) is 11.3. The van der Waals surface area contributed by atoms with Gasteiger partial charge in [0.1, 0.15) is 17.3 Å². The van der Waals surface area contributed by atoms with E-state index < -0.39 is 23.5 Å². The lowest BCUT2D eigenvalue weighted by Gasteiger charge is -2.25. The Kier molecular flexibility index (Phi) is 5.61. The lowest BCUT2D eigenvalue weighted by molar-refractivity contribution is -0.132. The van der Waals surface area contributed by atoms with Crippen molar-refractivity contribution < 1.29 is 23.8 Å². The number of aryl methyl sites for hydroxylation is 1. The molecule has 0 radical (unpaired) electrons. The average molecular weight is 471 g/mol. The minimum Gasteiger partial charge on any atom is -0.507 e. The Hall–Kier alpha value is -4.39. The number of halogens is 1. The number of aromatic nitrogens is 1. The third-order valence-electron chi connectivity index (χ3n) is 6.22. The summed E-state index contributed by atoms with van der Waals surface area (Å²) in [5.41, 5.74) is 2.50. The van der Waals surface area contributed by atoms with Gasteiger partial charge in [0.2, 0.25) is 0 Å². The maximum Gasteiger partial charge on any atom is 0.300 e. The first-order valence-electron chi connectivity index (χ1n) is 11.3. The molecule has 1 unspecified atom stereocenters. The van der Waals surface area contributed by atoms with Crippen molar-refractivity contribution in [2.45, 2.75) is 19.9 Å². The van der Waals surface area contributed by atoms with E-state index in [4.69, 9.17) is 4.74 Å². The Morgan fingerprint density at radius 2 is 1.83 bits per heavy atom. The van der Waals surface area contributed by atoms with E-state index in [0.717, 1.165) is 10.9 Å². The number of para-hydroxylation sites is 1. The number of fused-ring (bicyclic) bond motifs is 1. The molecule has 0 saturated carbocycles. The zero-order chi connectivity index (χ0) is 24.7. The highest BCUT2D eigenvalue weighted by molar-refractivity contribution is 6.51. The van der Waals surface area contributed by atoms with Crippen LogP contribution in [-0.4, -0.2) is 28.4 Å². The molecular weight excluding hydrogens is 447 g/mol. The van der Waals surface area contributed by atoms with Crippen molar-refractivity contribution in [2.24, 2.45) is 0 Å². The first kappa shape index (κ1) is 22.4. The summed E-state index contributed by atoms with van der Waals surface area (Å²) in [5, 5.41) is 12.1. The number of Topliss-reactive ketones (excluding diaryl/α,β-unsaturated/α-hetero) is 1. The van der Waals surface area contributed by atoms with Crippen molar-refractivity contribution >= 4 is 34.0 Å². The van der Waals surface area contributed by atoms with Crippen molar-refractivity contribution in [3.63, 3.8) is 0 Å². The molecule has 7 heteroatoms. The predicted octanol–water partition coefficient (Wildman–Crippen LogP) is 5.64. The largest absolute Gasteiger partial charge is 0.507 e. The maximum absolute atomic E-state index is 13.9. The summed E-state index contributed by atoms with van der Waals surface area (Å²) >= 11 is 0. The third-order valence-corrected chi connectivity index (χ3v) is 6.22. The normalized spacial score (nSPS) is 17.3. The number of amides is 1. The first-order chi connectivity index (χ1) is 16.9. The molecule has 176 valence electrons. The van der Waals surface area contributed by atoms with Gasteiger partial charge in [-0.05, 0) is 67.9 Å². The maximum atomic E-state index is 13.9. The van der Waals surface area contributed by atoms with Gasteiger partial charge in [0.05, 0.1) is 18.2 Å². The van der Waals surface area contributed by atoms with Crippen LogP contribution < -0.4 is 9.64 Å². The van der Waals surface area contributed by atoms with Crippen LogP contribution in [0.4, 0.5) is 10.1 Å². The molecule has 1 saturated heterocycles. The number of rotatable bonds is 5. The molecule has 5 rings (SSSR count). The molecule has 3 aromatic carbocycles. The number of benzene rings is 3. The van der Waals surface area contributed by atoms with Crippen molar-refractivity contribution in [1.29, 1.82) is 0 Å². The topological polar surface area (TPSA) is 82.6 Å². The second kappa shape index (κ2) is 8.76. The zero-order valence-electron chi connectivity index (χ0n) is 19.2. The summed E-state index contributed by atoms with van der Waals surface area (Å²) in [7, 11) is 0. The van der Waals surface area contributed by atoms with E-state index in [0.29, 0.717) is 29.2 Å². The number of carbonyl (C=O) groups is 2. The Labute approximate surface area is 201 Å². The fourth-order valence-electron chi connectivity index (χ4n) is 4.53. The highest BCUT2D eigenvalue weighted by atomic mass is 19.1. The van der Waals surface area contributed by atoms with Crippen LogP contribution in [0.2, 0.25) is 0 Å². The number of aromatic amines is 1. The van der Waals surface area contributed by atoms with Gasteiger partial charge in [0, 0.05) is 33.9 Å². The molecule has 4 aromatic rings. The molecule has 1 aromatic heterocycles. The molecule has 2 N–H and O–H groups in total. The van der Waals surface area contributed by atoms with Gasteiger partial charge in [-0.25, -0.2) is 4.39 Å². The number of nitrogens with one attached hydrogen (secondary N) is 1. The molecule has 1 fully saturated rings. The lowest BCUT2D eigenvalue weighted by atomic mass is 9.94. The van der Waals surface area contributed by atoms with Crippen molar-refractivity contribution in [2.75, 3.05) is 11.5 Å². The minimum atomic E-state index is -0.894. The summed E-state index contributed by atoms with van der Waals surface area (Å²) in [6.45, 7) is 3.94. The Bertz CT molecular complexity index is 1490.